The molecule has 0 aliphatic carbocycles. The molecule has 1 amide bonds. The molecule has 5 nitrogen and oxygen atoms in total. The molecule has 24 heavy (non-hydrogen) atoms. The van der Waals surface area contributed by atoms with Gasteiger partial charge in [0.15, 0.2) is 5.65 Å². The van der Waals surface area contributed by atoms with Gasteiger partial charge in [-0.25, -0.2) is 4.98 Å². The highest BCUT2D eigenvalue weighted by atomic mass is 35.5. The predicted molar refractivity (Wildman–Crippen MR) is 94.2 cm³/mol. The molecule has 0 unspecified atom stereocenters. The minimum absolute atomic E-state index is 0.183. The normalized spacial score (nSPS) is 10.8. The predicted octanol–water partition coefficient (Wildman–Crippen LogP) is 3.62. The second kappa shape index (κ2) is 7.11. The number of benzene rings is 1. The standard InChI is InChI=1S/C17H15Cl2N3O2/c1-24-15-5-3-2-4-13(15)17(23)20-7-6-12-10-22-9-11(18)8-14(19)16(22)21-12/h2-5,8-10H,6-7H2,1H3,(H,20,23). The molecule has 2 aromatic heterocycles. The van der Waals surface area contributed by atoms with Gasteiger partial charge in [0.2, 0.25) is 0 Å². The van der Waals surface area contributed by atoms with Gasteiger partial charge < -0.3 is 14.5 Å². The third kappa shape index (κ3) is 3.47. The summed E-state index contributed by atoms with van der Waals surface area (Å²) in [6.45, 7) is 0.451. The fourth-order valence-electron chi connectivity index (χ4n) is 2.43. The van der Waals surface area contributed by atoms with E-state index >= 15 is 0 Å². The van der Waals surface area contributed by atoms with E-state index in [1.54, 1.807) is 34.9 Å². The Kier molecular flexibility index (Phi) is 4.92. The summed E-state index contributed by atoms with van der Waals surface area (Å²) in [7, 11) is 1.54. The van der Waals surface area contributed by atoms with Gasteiger partial charge >= 0.3 is 0 Å². The van der Waals surface area contributed by atoms with Crippen molar-refractivity contribution in [1.29, 1.82) is 0 Å². The van der Waals surface area contributed by atoms with Crippen LogP contribution in [0, 0.1) is 0 Å². The molecular weight excluding hydrogens is 349 g/mol. The van der Waals surface area contributed by atoms with E-state index in [9.17, 15) is 4.79 Å². The number of hydrogen-bond acceptors (Lipinski definition) is 3. The quantitative estimate of drug-likeness (QED) is 0.752. The largest absolute Gasteiger partial charge is 0.496 e. The monoisotopic (exact) mass is 363 g/mol. The van der Waals surface area contributed by atoms with Gasteiger partial charge in [-0.05, 0) is 18.2 Å². The van der Waals surface area contributed by atoms with E-state index < -0.39 is 0 Å². The topological polar surface area (TPSA) is 55.6 Å². The van der Waals surface area contributed by atoms with Gasteiger partial charge in [-0.1, -0.05) is 35.3 Å². The maximum absolute atomic E-state index is 12.2. The van der Waals surface area contributed by atoms with Gasteiger partial charge in [0.05, 0.1) is 28.4 Å². The Morgan fingerprint density at radius 1 is 1.29 bits per heavy atom. The van der Waals surface area contributed by atoms with Gasteiger partial charge in [0.25, 0.3) is 5.91 Å². The van der Waals surface area contributed by atoms with Gasteiger partial charge in [-0.2, -0.15) is 0 Å². The number of methoxy groups -OCH3 is 1. The van der Waals surface area contributed by atoms with E-state index in [0.717, 1.165) is 5.69 Å². The van der Waals surface area contributed by atoms with Crippen LogP contribution in [0.25, 0.3) is 5.65 Å². The van der Waals surface area contributed by atoms with Gasteiger partial charge in [-0.3, -0.25) is 4.79 Å². The maximum Gasteiger partial charge on any atom is 0.255 e. The maximum atomic E-state index is 12.2. The molecule has 0 radical (unpaired) electrons. The lowest BCUT2D eigenvalue weighted by Crippen LogP contribution is -2.26. The third-order valence-corrected chi connectivity index (χ3v) is 4.03. The molecule has 0 saturated carbocycles. The number of nitrogens with zero attached hydrogens (tertiary/aromatic N) is 2. The van der Waals surface area contributed by atoms with Crippen molar-refractivity contribution in [3.63, 3.8) is 0 Å². The first-order valence-electron chi connectivity index (χ1n) is 7.32. The first-order valence-corrected chi connectivity index (χ1v) is 8.08. The van der Waals surface area contributed by atoms with Crippen molar-refractivity contribution in [2.45, 2.75) is 6.42 Å². The molecule has 0 aliphatic rings. The van der Waals surface area contributed by atoms with Crippen LogP contribution < -0.4 is 10.1 Å². The number of ether oxygens (including phenoxy) is 1. The van der Waals surface area contributed by atoms with Crippen LogP contribution in [0.2, 0.25) is 10.0 Å². The molecule has 124 valence electrons. The molecule has 0 aliphatic heterocycles. The van der Waals surface area contributed by atoms with Crippen molar-refractivity contribution < 1.29 is 9.53 Å². The SMILES string of the molecule is COc1ccccc1C(=O)NCCc1cn2cc(Cl)cc(Cl)c2n1. The minimum atomic E-state index is -0.183. The number of halogens is 2. The molecule has 0 bridgehead atoms. The second-order valence-electron chi connectivity index (χ2n) is 5.18. The lowest BCUT2D eigenvalue weighted by Gasteiger charge is -2.08. The van der Waals surface area contributed by atoms with Crippen molar-refractivity contribution in [3.05, 3.63) is 64.0 Å². The number of para-hydroxylation sites is 1. The average molecular weight is 364 g/mol. The highest BCUT2D eigenvalue weighted by molar-refractivity contribution is 6.36. The second-order valence-corrected chi connectivity index (χ2v) is 6.02. The molecule has 0 spiro atoms. The zero-order valence-corrected chi connectivity index (χ0v) is 14.4. The molecule has 1 aromatic carbocycles. The molecule has 1 N–H and O–H groups in total. The van der Waals surface area contributed by atoms with Crippen molar-refractivity contribution >= 4 is 34.8 Å². The molecule has 7 heteroatoms. The number of nitrogens with one attached hydrogen (secondary N) is 1. The third-order valence-electron chi connectivity index (χ3n) is 3.54. The van der Waals surface area contributed by atoms with E-state index in [4.69, 9.17) is 27.9 Å². The van der Waals surface area contributed by atoms with Crippen LogP contribution in [-0.4, -0.2) is 28.9 Å². The van der Waals surface area contributed by atoms with Crippen LogP contribution >= 0.6 is 23.2 Å². The van der Waals surface area contributed by atoms with Gasteiger partial charge in [-0.15, -0.1) is 0 Å². The van der Waals surface area contributed by atoms with Crippen molar-refractivity contribution in [2.75, 3.05) is 13.7 Å². The Morgan fingerprint density at radius 2 is 2.08 bits per heavy atom. The number of fused-ring (bicyclic) bond motifs is 1. The van der Waals surface area contributed by atoms with Crippen LogP contribution in [0.15, 0.2) is 42.7 Å². The summed E-state index contributed by atoms with van der Waals surface area (Å²) in [5, 5.41) is 3.90. The summed E-state index contributed by atoms with van der Waals surface area (Å²) in [6.07, 6.45) is 4.17. The smallest absolute Gasteiger partial charge is 0.255 e. The number of imidazole rings is 1. The number of amides is 1. The highest BCUT2D eigenvalue weighted by Crippen LogP contribution is 2.22. The fraction of sp³-hybridized carbons (Fsp3) is 0.176. The first-order chi connectivity index (χ1) is 11.6. The number of aromatic nitrogens is 2. The van der Waals surface area contributed by atoms with Crippen LogP contribution in [0.1, 0.15) is 16.1 Å². The molecule has 2 heterocycles. The summed E-state index contributed by atoms with van der Waals surface area (Å²) >= 11 is 12.1. The van der Waals surface area contributed by atoms with Crippen LogP contribution in [0.5, 0.6) is 5.75 Å². The fourth-order valence-corrected chi connectivity index (χ4v) is 2.95. The Balaban J connectivity index is 1.66. The molecular formula is C17H15Cl2N3O2. The molecule has 3 aromatic rings. The summed E-state index contributed by atoms with van der Waals surface area (Å²) in [6, 6.07) is 8.74. The van der Waals surface area contributed by atoms with Crippen LogP contribution in [-0.2, 0) is 6.42 Å². The Labute approximate surface area is 149 Å². The molecule has 0 saturated heterocycles. The Bertz CT molecular complexity index is 893. The average Bonchev–Trinajstić information content (AvgIpc) is 2.97. The number of rotatable bonds is 5. The molecule has 0 atom stereocenters. The summed E-state index contributed by atoms with van der Waals surface area (Å²) in [4.78, 5) is 16.7. The lowest BCUT2D eigenvalue weighted by atomic mass is 10.2. The summed E-state index contributed by atoms with van der Waals surface area (Å²) in [5.74, 6) is 0.362. The van der Waals surface area contributed by atoms with E-state index in [1.165, 1.54) is 7.11 Å². The first kappa shape index (κ1) is 16.6. The zero-order valence-electron chi connectivity index (χ0n) is 12.9. The van der Waals surface area contributed by atoms with Gasteiger partial charge in [0, 0.05) is 25.4 Å². The number of carbonyl (C=O) groups is 1. The lowest BCUT2D eigenvalue weighted by molar-refractivity contribution is 0.0951. The van der Waals surface area contributed by atoms with E-state index in [2.05, 4.69) is 10.3 Å². The van der Waals surface area contributed by atoms with Crippen molar-refractivity contribution in [1.82, 2.24) is 14.7 Å². The van der Waals surface area contributed by atoms with E-state index in [0.29, 0.717) is 40.0 Å². The zero-order chi connectivity index (χ0) is 17.1. The van der Waals surface area contributed by atoms with Crippen molar-refractivity contribution in [2.24, 2.45) is 0 Å². The number of hydrogen-bond donors (Lipinski definition) is 1. The van der Waals surface area contributed by atoms with E-state index in [1.807, 2.05) is 12.3 Å². The number of carbonyl (C=O) groups excluding carboxylic acids is 1. The van der Waals surface area contributed by atoms with Gasteiger partial charge in [0.1, 0.15) is 5.75 Å². The van der Waals surface area contributed by atoms with Crippen LogP contribution in [0.3, 0.4) is 0 Å². The van der Waals surface area contributed by atoms with Crippen molar-refractivity contribution in [3.8, 4) is 5.75 Å². The molecule has 3 rings (SSSR count). The Morgan fingerprint density at radius 3 is 2.88 bits per heavy atom. The highest BCUT2D eigenvalue weighted by Gasteiger charge is 2.11. The summed E-state index contributed by atoms with van der Waals surface area (Å²) in [5.41, 5.74) is 1.97. The summed E-state index contributed by atoms with van der Waals surface area (Å²) < 4.78 is 6.97. The minimum Gasteiger partial charge on any atom is -0.496 e. The Hall–Kier alpha value is -2.24. The van der Waals surface area contributed by atoms with Crippen LogP contribution in [0.4, 0.5) is 0 Å². The molecule has 0 fully saturated rings. The number of pyridine rings is 1. The van der Waals surface area contributed by atoms with E-state index in [-0.39, 0.29) is 5.91 Å².